The predicted octanol–water partition coefficient (Wildman–Crippen LogP) is 4.23. The predicted molar refractivity (Wildman–Crippen MR) is 105 cm³/mol. The van der Waals surface area contributed by atoms with Crippen molar-refractivity contribution in [2.75, 3.05) is 5.73 Å². The Morgan fingerprint density at radius 3 is 2.54 bits per heavy atom. The van der Waals surface area contributed by atoms with Gasteiger partial charge in [0.05, 0.1) is 33.7 Å². The van der Waals surface area contributed by atoms with Gasteiger partial charge in [0, 0.05) is 11.8 Å². The zero-order chi connectivity index (χ0) is 20.3. The standard InChI is InChI=1S/C20H15ClF2N4O/c21-13-8-15(20(23)26-9-13)19(18(25)12-2-4-14(22)5-3-12)27-17-7-11(10-28)1-6-16(17)24/h1-10,18H,24-25H2. The molecule has 0 spiro atoms. The van der Waals surface area contributed by atoms with Crippen molar-refractivity contribution in [3.05, 3.63) is 88.2 Å². The number of carbonyl (C=O) groups excluding carboxylic acids is 1. The summed E-state index contributed by atoms with van der Waals surface area (Å²) in [5.41, 5.74) is 13.6. The Kier molecular flexibility index (Phi) is 5.77. The van der Waals surface area contributed by atoms with E-state index in [1.165, 1.54) is 48.5 Å². The maximum Gasteiger partial charge on any atom is 0.222 e. The Bertz CT molecular complexity index is 1050. The molecular weight excluding hydrogens is 386 g/mol. The molecule has 1 unspecified atom stereocenters. The largest absolute Gasteiger partial charge is 0.397 e. The smallest absolute Gasteiger partial charge is 0.222 e. The van der Waals surface area contributed by atoms with Gasteiger partial charge in [-0.1, -0.05) is 23.7 Å². The monoisotopic (exact) mass is 400 g/mol. The number of hydrogen-bond donors (Lipinski definition) is 2. The van der Waals surface area contributed by atoms with Crippen LogP contribution in [-0.4, -0.2) is 17.0 Å². The van der Waals surface area contributed by atoms with E-state index in [4.69, 9.17) is 23.1 Å². The van der Waals surface area contributed by atoms with E-state index in [2.05, 4.69) is 9.98 Å². The van der Waals surface area contributed by atoms with Crippen LogP contribution >= 0.6 is 11.6 Å². The first-order valence-corrected chi connectivity index (χ1v) is 8.52. The number of nitrogens with two attached hydrogens (primary N) is 2. The Balaban J connectivity index is 2.21. The van der Waals surface area contributed by atoms with Crippen molar-refractivity contribution >= 4 is 35.0 Å². The van der Waals surface area contributed by atoms with Gasteiger partial charge in [0.1, 0.15) is 12.1 Å². The van der Waals surface area contributed by atoms with Gasteiger partial charge in [-0.2, -0.15) is 4.39 Å². The van der Waals surface area contributed by atoms with Crippen LogP contribution < -0.4 is 11.5 Å². The van der Waals surface area contributed by atoms with Gasteiger partial charge in [-0.05, 0) is 42.0 Å². The van der Waals surface area contributed by atoms with Crippen LogP contribution in [0.2, 0.25) is 5.02 Å². The van der Waals surface area contributed by atoms with Gasteiger partial charge in [-0.25, -0.2) is 14.4 Å². The van der Waals surface area contributed by atoms with Gasteiger partial charge in [-0.15, -0.1) is 0 Å². The van der Waals surface area contributed by atoms with Gasteiger partial charge >= 0.3 is 0 Å². The fourth-order valence-electron chi connectivity index (χ4n) is 2.59. The van der Waals surface area contributed by atoms with Gasteiger partial charge in [-0.3, -0.25) is 4.79 Å². The highest BCUT2D eigenvalue weighted by atomic mass is 35.5. The molecule has 28 heavy (non-hydrogen) atoms. The van der Waals surface area contributed by atoms with Crippen LogP contribution in [0.5, 0.6) is 0 Å². The minimum Gasteiger partial charge on any atom is -0.397 e. The van der Waals surface area contributed by atoms with E-state index in [9.17, 15) is 13.6 Å². The first kappa shape index (κ1) is 19.6. The Hall–Kier alpha value is -3.16. The maximum absolute atomic E-state index is 14.5. The van der Waals surface area contributed by atoms with Crippen molar-refractivity contribution in [3.63, 3.8) is 0 Å². The molecule has 0 aliphatic rings. The second-order valence-electron chi connectivity index (χ2n) is 5.95. The van der Waals surface area contributed by atoms with E-state index >= 15 is 0 Å². The van der Waals surface area contributed by atoms with Crippen molar-refractivity contribution in [1.82, 2.24) is 4.98 Å². The molecule has 0 bridgehead atoms. The summed E-state index contributed by atoms with van der Waals surface area (Å²) in [7, 11) is 0. The van der Waals surface area contributed by atoms with Crippen molar-refractivity contribution in [3.8, 4) is 0 Å². The zero-order valence-electron chi connectivity index (χ0n) is 14.4. The molecule has 1 atom stereocenters. The van der Waals surface area contributed by atoms with E-state index in [-0.39, 0.29) is 27.7 Å². The van der Waals surface area contributed by atoms with E-state index in [1.54, 1.807) is 0 Å². The minimum atomic E-state index is -0.936. The molecule has 0 radical (unpaired) electrons. The molecule has 4 N–H and O–H groups in total. The fourth-order valence-corrected chi connectivity index (χ4v) is 2.75. The molecule has 142 valence electrons. The minimum absolute atomic E-state index is 0.0276. The number of benzene rings is 2. The summed E-state index contributed by atoms with van der Waals surface area (Å²) in [6.45, 7) is 0. The lowest BCUT2D eigenvalue weighted by molar-refractivity contribution is 0.112. The van der Waals surface area contributed by atoms with Gasteiger partial charge < -0.3 is 11.5 Å². The number of halogens is 3. The molecule has 1 aromatic heterocycles. The SMILES string of the molecule is Nc1ccc(C=O)cc1N=C(c1cc(Cl)cnc1F)C(N)c1ccc(F)cc1. The average Bonchev–Trinajstić information content (AvgIpc) is 2.69. The second-order valence-corrected chi connectivity index (χ2v) is 6.39. The van der Waals surface area contributed by atoms with E-state index in [0.29, 0.717) is 17.4 Å². The summed E-state index contributed by atoms with van der Waals surface area (Å²) in [5, 5.41) is 0.185. The number of aliphatic imine (C=N–C) groups is 1. The molecule has 3 aromatic rings. The number of aromatic nitrogens is 1. The third-order valence-electron chi connectivity index (χ3n) is 4.04. The first-order chi connectivity index (χ1) is 13.4. The van der Waals surface area contributed by atoms with Gasteiger partial charge in [0.25, 0.3) is 0 Å². The van der Waals surface area contributed by atoms with E-state index < -0.39 is 17.8 Å². The summed E-state index contributed by atoms with van der Waals surface area (Å²) in [4.78, 5) is 19.1. The summed E-state index contributed by atoms with van der Waals surface area (Å²) in [6, 6.07) is 10.3. The number of anilines is 1. The molecule has 1 heterocycles. The highest BCUT2D eigenvalue weighted by molar-refractivity contribution is 6.31. The van der Waals surface area contributed by atoms with Gasteiger partial charge in [0.2, 0.25) is 5.95 Å². The fraction of sp³-hybridized carbons (Fsp3) is 0.0500. The lowest BCUT2D eigenvalue weighted by Gasteiger charge is -2.17. The van der Waals surface area contributed by atoms with E-state index in [1.807, 2.05) is 0 Å². The Morgan fingerprint density at radius 2 is 1.86 bits per heavy atom. The highest BCUT2D eigenvalue weighted by Crippen LogP contribution is 2.28. The van der Waals surface area contributed by atoms with Crippen LogP contribution in [-0.2, 0) is 0 Å². The average molecular weight is 401 g/mol. The number of rotatable bonds is 5. The van der Waals surface area contributed by atoms with Crippen molar-refractivity contribution < 1.29 is 13.6 Å². The molecule has 8 heteroatoms. The number of nitrogens with zero attached hydrogens (tertiary/aromatic N) is 2. The number of carbonyl (C=O) groups is 1. The van der Waals surface area contributed by atoms with E-state index in [0.717, 1.165) is 6.20 Å². The molecule has 3 rings (SSSR count). The molecule has 5 nitrogen and oxygen atoms in total. The molecule has 0 aliphatic carbocycles. The van der Waals surface area contributed by atoms with Gasteiger partial charge in [0.15, 0.2) is 0 Å². The molecular formula is C20H15ClF2N4O. The highest BCUT2D eigenvalue weighted by Gasteiger charge is 2.21. The molecule has 0 fully saturated rings. The van der Waals surface area contributed by atoms with Crippen LogP contribution in [0.25, 0.3) is 0 Å². The Labute approximate surface area is 164 Å². The quantitative estimate of drug-likeness (QED) is 0.290. The molecule has 2 aromatic carbocycles. The lowest BCUT2D eigenvalue weighted by atomic mass is 9.97. The van der Waals surface area contributed by atoms with Crippen LogP contribution in [0.15, 0.2) is 59.7 Å². The third kappa shape index (κ3) is 4.21. The maximum atomic E-state index is 14.5. The van der Waals surface area contributed by atoms with Crippen molar-refractivity contribution in [2.24, 2.45) is 10.7 Å². The van der Waals surface area contributed by atoms with Crippen molar-refractivity contribution in [2.45, 2.75) is 6.04 Å². The number of hydrogen-bond acceptors (Lipinski definition) is 5. The number of pyridine rings is 1. The van der Waals surface area contributed by atoms with Crippen LogP contribution in [0, 0.1) is 11.8 Å². The Morgan fingerprint density at radius 1 is 1.14 bits per heavy atom. The molecule has 0 saturated heterocycles. The summed E-state index contributed by atoms with van der Waals surface area (Å²) < 4.78 is 27.7. The van der Waals surface area contributed by atoms with Crippen LogP contribution in [0.1, 0.15) is 27.5 Å². The van der Waals surface area contributed by atoms with Crippen LogP contribution in [0.4, 0.5) is 20.2 Å². The number of nitrogen functional groups attached to an aromatic ring is 1. The third-order valence-corrected chi connectivity index (χ3v) is 4.24. The number of aldehydes is 1. The normalized spacial score (nSPS) is 12.6. The lowest BCUT2D eigenvalue weighted by Crippen LogP contribution is -2.24. The van der Waals surface area contributed by atoms with Crippen molar-refractivity contribution in [1.29, 1.82) is 0 Å². The zero-order valence-corrected chi connectivity index (χ0v) is 15.2. The first-order valence-electron chi connectivity index (χ1n) is 8.15. The summed E-state index contributed by atoms with van der Waals surface area (Å²) in [6.07, 6.45) is 1.79. The molecule has 0 saturated carbocycles. The van der Waals surface area contributed by atoms with Crippen LogP contribution in [0.3, 0.4) is 0 Å². The second kappa shape index (κ2) is 8.24. The summed E-state index contributed by atoms with van der Waals surface area (Å²) in [5.74, 6) is -1.27. The summed E-state index contributed by atoms with van der Waals surface area (Å²) >= 11 is 5.97. The molecule has 0 amide bonds. The molecule has 0 aliphatic heterocycles. The topological polar surface area (TPSA) is 94.4 Å².